The molecule has 0 saturated heterocycles. The molecule has 0 aromatic heterocycles. The fraction of sp³-hybridized carbons (Fsp3) is 0.600. The molecule has 1 aliphatic rings. The lowest BCUT2D eigenvalue weighted by molar-refractivity contribution is -0.146. The zero-order valence-corrected chi connectivity index (χ0v) is 11.8. The average molecular weight is 250 g/mol. The summed E-state index contributed by atoms with van der Waals surface area (Å²) in [5.74, 6) is -0.281. The van der Waals surface area contributed by atoms with Gasteiger partial charge >= 0.3 is 5.97 Å². The van der Waals surface area contributed by atoms with Crippen molar-refractivity contribution in [2.24, 2.45) is 11.3 Å². The Morgan fingerprint density at radius 1 is 1.44 bits per heavy atom. The van der Waals surface area contributed by atoms with Crippen LogP contribution in [-0.4, -0.2) is 17.9 Å². The molecule has 1 aliphatic carbocycles. The summed E-state index contributed by atoms with van der Waals surface area (Å²) in [6.07, 6.45) is 5.75. The summed E-state index contributed by atoms with van der Waals surface area (Å²) in [6, 6.07) is 0. The predicted molar refractivity (Wildman–Crippen MR) is 71.0 cm³/mol. The summed E-state index contributed by atoms with van der Waals surface area (Å²) in [4.78, 5) is 23.1. The molecule has 0 aromatic rings. The summed E-state index contributed by atoms with van der Waals surface area (Å²) in [5, 5.41) is 0. The lowest BCUT2D eigenvalue weighted by Crippen LogP contribution is -2.39. The van der Waals surface area contributed by atoms with Gasteiger partial charge in [-0.2, -0.15) is 0 Å². The molecule has 100 valence electrons. The van der Waals surface area contributed by atoms with Gasteiger partial charge in [-0.25, -0.2) is 0 Å². The number of esters is 1. The van der Waals surface area contributed by atoms with Crippen LogP contribution in [0.2, 0.25) is 0 Å². The van der Waals surface area contributed by atoms with Crippen LogP contribution in [0.25, 0.3) is 0 Å². The van der Waals surface area contributed by atoms with Gasteiger partial charge in [0.15, 0.2) is 5.78 Å². The van der Waals surface area contributed by atoms with Gasteiger partial charge in [0.25, 0.3) is 0 Å². The van der Waals surface area contributed by atoms with Crippen LogP contribution < -0.4 is 0 Å². The van der Waals surface area contributed by atoms with E-state index in [4.69, 9.17) is 4.74 Å². The summed E-state index contributed by atoms with van der Waals surface area (Å²) >= 11 is 0. The monoisotopic (exact) mass is 250 g/mol. The molecule has 0 saturated carbocycles. The molecule has 0 N–H and O–H groups in total. The summed E-state index contributed by atoms with van der Waals surface area (Å²) in [6.45, 7) is 9.28. The van der Waals surface area contributed by atoms with Crippen LogP contribution in [0.15, 0.2) is 23.8 Å². The predicted octanol–water partition coefficient (Wildman–Crippen LogP) is 3.06. The van der Waals surface area contributed by atoms with Gasteiger partial charge in [-0.1, -0.05) is 25.5 Å². The number of ketones is 1. The molecule has 0 radical (unpaired) electrons. The van der Waals surface area contributed by atoms with E-state index in [0.717, 1.165) is 5.57 Å². The third-order valence-corrected chi connectivity index (χ3v) is 3.35. The van der Waals surface area contributed by atoms with E-state index in [2.05, 4.69) is 0 Å². The standard InChI is InChI=1S/C15H22O3/c1-6-7-13(17)14-10(2)8-12(18-11(3)16)9-15(14,4)5/h6-8,12,14H,9H2,1-5H3/b7-6+. The summed E-state index contributed by atoms with van der Waals surface area (Å²) < 4.78 is 5.24. The highest BCUT2D eigenvalue weighted by atomic mass is 16.5. The number of hydrogen-bond donors (Lipinski definition) is 0. The molecule has 18 heavy (non-hydrogen) atoms. The Hall–Kier alpha value is -1.38. The molecular formula is C15H22O3. The molecular weight excluding hydrogens is 228 g/mol. The van der Waals surface area contributed by atoms with Crippen molar-refractivity contribution in [1.29, 1.82) is 0 Å². The van der Waals surface area contributed by atoms with Gasteiger partial charge < -0.3 is 4.74 Å². The Morgan fingerprint density at radius 2 is 2.06 bits per heavy atom. The minimum atomic E-state index is -0.280. The molecule has 0 spiro atoms. The second-order valence-electron chi connectivity index (χ2n) is 5.59. The molecule has 2 atom stereocenters. The van der Waals surface area contributed by atoms with E-state index < -0.39 is 0 Å². The number of allylic oxidation sites excluding steroid dienone is 3. The minimum Gasteiger partial charge on any atom is -0.458 e. The lowest BCUT2D eigenvalue weighted by Gasteiger charge is -2.39. The van der Waals surface area contributed by atoms with Gasteiger partial charge in [-0.05, 0) is 37.8 Å². The van der Waals surface area contributed by atoms with Crippen LogP contribution in [0.4, 0.5) is 0 Å². The molecule has 0 bridgehead atoms. The highest BCUT2D eigenvalue weighted by Crippen LogP contribution is 2.42. The highest BCUT2D eigenvalue weighted by Gasteiger charge is 2.40. The van der Waals surface area contributed by atoms with Crippen LogP contribution in [0.3, 0.4) is 0 Å². The van der Waals surface area contributed by atoms with Gasteiger partial charge in [-0.3, -0.25) is 9.59 Å². The van der Waals surface area contributed by atoms with E-state index >= 15 is 0 Å². The molecule has 3 heteroatoms. The normalized spacial score (nSPS) is 26.8. The SMILES string of the molecule is C/C=C/C(=O)C1C(C)=CC(OC(C)=O)CC1(C)C. The first kappa shape index (κ1) is 14.7. The van der Waals surface area contributed by atoms with E-state index in [1.807, 2.05) is 33.8 Å². The van der Waals surface area contributed by atoms with Crippen molar-refractivity contribution in [3.05, 3.63) is 23.8 Å². The second-order valence-corrected chi connectivity index (χ2v) is 5.59. The fourth-order valence-electron chi connectivity index (χ4n) is 2.86. The van der Waals surface area contributed by atoms with Gasteiger partial charge in [0.05, 0.1) is 0 Å². The van der Waals surface area contributed by atoms with Crippen molar-refractivity contribution in [2.75, 3.05) is 0 Å². The lowest BCUT2D eigenvalue weighted by atomic mass is 9.66. The maximum absolute atomic E-state index is 12.1. The molecule has 1 rings (SSSR count). The molecule has 0 heterocycles. The Kier molecular flexibility index (Phi) is 4.49. The quantitative estimate of drug-likeness (QED) is 0.439. The van der Waals surface area contributed by atoms with Crippen molar-refractivity contribution in [3.8, 4) is 0 Å². The van der Waals surface area contributed by atoms with Crippen molar-refractivity contribution in [3.63, 3.8) is 0 Å². The van der Waals surface area contributed by atoms with E-state index in [0.29, 0.717) is 6.42 Å². The molecule has 0 aliphatic heterocycles. The van der Waals surface area contributed by atoms with Crippen LogP contribution in [0, 0.1) is 11.3 Å². The Morgan fingerprint density at radius 3 is 2.50 bits per heavy atom. The maximum atomic E-state index is 12.1. The van der Waals surface area contributed by atoms with Crippen molar-refractivity contribution in [2.45, 2.75) is 47.1 Å². The number of hydrogen-bond acceptors (Lipinski definition) is 3. The number of ether oxygens (including phenoxy) is 1. The fourth-order valence-corrected chi connectivity index (χ4v) is 2.86. The van der Waals surface area contributed by atoms with E-state index in [1.165, 1.54) is 6.92 Å². The van der Waals surface area contributed by atoms with Crippen molar-refractivity contribution in [1.82, 2.24) is 0 Å². The average Bonchev–Trinajstić information content (AvgIpc) is 2.13. The zero-order valence-electron chi connectivity index (χ0n) is 11.8. The van der Waals surface area contributed by atoms with Crippen molar-refractivity contribution >= 4 is 11.8 Å². The van der Waals surface area contributed by atoms with E-state index in [9.17, 15) is 9.59 Å². The highest BCUT2D eigenvalue weighted by molar-refractivity contribution is 5.94. The summed E-state index contributed by atoms with van der Waals surface area (Å²) in [5.41, 5.74) is 0.788. The third kappa shape index (κ3) is 3.31. The van der Waals surface area contributed by atoms with E-state index in [1.54, 1.807) is 12.2 Å². The van der Waals surface area contributed by atoms with Crippen LogP contribution >= 0.6 is 0 Å². The molecule has 3 nitrogen and oxygen atoms in total. The second kappa shape index (κ2) is 5.51. The minimum absolute atomic E-state index is 0.123. The van der Waals surface area contributed by atoms with Gasteiger partial charge in [0.2, 0.25) is 0 Å². The number of carbonyl (C=O) groups excluding carboxylic acids is 2. The first-order valence-electron chi connectivity index (χ1n) is 6.30. The van der Waals surface area contributed by atoms with Crippen LogP contribution in [-0.2, 0) is 14.3 Å². The van der Waals surface area contributed by atoms with Crippen LogP contribution in [0.5, 0.6) is 0 Å². The largest absolute Gasteiger partial charge is 0.458 e. The molecule has 2 unspecified atom stereocenters. The Labute approximate surface area is 109 Å². The molecule has 0 fully saturated rings. The Bertz CT molecular complexity index is 402. The maximum Gasteiger partial charge on any atom is 0.303 e. The van der Waals surface area contributed by atoms with E-state index in [-0.39, 0.29) is 29.2 Å². The molecule has 0 amide bonds. The first-order valence-corrected chi connectivity index (χ1v) is 6.30. The van der Waals surface area contributed by atoms with Gasteiger partial charge in [0, 0.05) is 12.8 Å². The number of rotatable bonds is 3. The summed E-state index contributed by atoms with van der Waals surface area (Å²) in [7, 11) is 0. The Balaban J connectivity index is 3.00. The van der Waals surface area contributed by atoms with Crippen molar-refractivity contribution < 1.29 is 14.3 Å². The number of carbonyl (C=O) groups is 2. The third-order valence-electron chi connectivity index (χ3n) is 3.35. The van der Waals surface area contributed by atoms with Gasteiger partial charge in [0.1, 0.15) is 6.10 Å². The smallest absolute Gasteiger partial charge is 0.303 e. The topological polar surface area (TPSA) is 43.4 Å². The van der Waals surface area contributed by atoms with Gasteiger partial charge in [-0.15, -0.1) is 0 Å². The van der Waals surface area contributed by atoms with Crippen LogP contribution in [0.1, 0.15) is 41.0 Å². The zero-order chi connectivity index (χ0) is 13.9. The molecule has 0 aromatic carbocycles. The first-order chi connectivity index (χ1) is 8.27.